The normalized spacial score (nSPS) is 12.7. The predicted octanol–water partition coefficient (Wildman–Crippen LogP) is 3.06. The lowest BCUT2D eigenvalue weighted by molar-refractivity contribution is -0.385. The summed E-state index contributed by atoms with van der Waals surface area (Å²) in [6.45, 7) is -0.0689. The number of carbonyl (C=O) groups is 1. The van der Waals surface area contributed by atoms with Gasteiger partial charge in [0.1, 0.15) is 23.7 Å². The van der Waals surface area contributed by atoms with Crippen LogP contribution in [-0.2, 0) is 22.7 Å². The summed E-state index contributed by atoms with van der Waals surface area (Å²) in [5.74, 6) is -0.115. The summed E-state index contributed by atoms with van der Waals surface area (Å²) < 4.78 is 21.0. The van der Waals surface area contributed by atoms with Crippen LogP contribution in [0.2, 0.25) is 5.02 Å². The van der Waals surface area contributed by atoms with Crippen LogP contribution in [0.5, 0.6) is 11.5 Å². The highest BCUT2D eigenvalue weighted by molar-refractivity contribution is 6.33. The summed E-state index contributed by atoms with van der Waals surface area (Å²) in [6, 6.07) is 5.41. The van der Waals surface area contributed by atoms with Crippen LogP contribution in [0.15, 0.2) is 24.3 Å². The fraction of sp³-hybridized carbons (Fsp3) is 0.235. The molecule has 0 aromatic heterocycles. The Labute approximate surface area is 158 Å². The molecule has 0 spiro atoms. The lowest BCUT2D eigenvalue weighted by Gasteiger charge is -2.20. The van der Waals surface area contributed by atoms with E-state index in [1.54, 1.807) is 0 Å². The number of nitrogens with zero attached hydrogens (tertiary/aromatic N) is 1. The van der Waals surface area contributed by atoms with Crippen molar-refractivity contribution in [1.29, 1.82) is 0 Å². The SMILES string of the molecule is COc1cc(N)c(Cl)cc1C(=O)OCc1cc([N+](=O)[O-])cc2c1OCOC2. The number of methoxy groups -OCH3 is 1. The van der Waals surface area contributed by atoms with Crippen molar-refractivity contribution < 1.29 is 28.7 Å². The molecule has 0 unspecified atom stereocenters. The van der Waals surface area contributed by atoms with E-state index in [0.29, 0.717) is 16.9 Å². The molecule has 3 rings (SSSR count). The largest absolute Gasteiger partial charge is 0.496 e. The number of rotatable bonds is 5. The first-order valence-corrected chi connectivity index (χ1v) is 8.09. The zero-order chi connectivity index (χ0) is 19.6. The van der Waals surface area contributed by atoms with E-state index >= 15 is 0 Å². The highest BCUT2D eigenvalue weighted by Gasteiger charge is 2.23. The molecule has 1 heterocycles. The number of esters is 1. The first kappa shape index (κ1) is 18.7. The molecule has 0 saturated carbocycles. The molecule has 0 fully saturated rings. The first-order chi connectivity index (χ1) is 12.9. The number of fused-ring (bicyclic) bond motifs is 1. The summed E-state index contributed by atoms with van der Waals surface area (Å²) in [5, 5.41) is 11.3. The summed E-state index contributed by atoms with van der Waals surface area (Å²) in [5.41, 5.74) is 6.75. The molecule has 10 heteroatoms. The molecule has 2 aromatic carbocycles. The first-order valence-electron chi connectivity index (χ1n) is 7.71. The number of nitrogens with two attached hydrogens (primary N) is 1. The fourth-order valence-corrected chi connectivity index (χ4v) is 2.78. The summed E-state index contributed by atoms with van der Waals surface area (Å²) in [6.07, 6.45) is 0. The van der Waals surface area contributed by atoms with Crippen molar-refractivity contribution in [3.05, 3.63) is 56.1 Å². The van der Waals surface area contributed by atoms with Gasteiger partial charge in [0.25, 0.3) is 5.69 Å². The van der Waals surface area contributed by atoms with E-state index in [1.165, 1.54) is 31.4 Å². The smallest absolute Gasteiger partial charge is 0.342 e. The Balaban J connectivity index is 1.87. The van der Waals surface area contributed by atoms with E-state index < -0.39 is 10.9 Å². The number of hydrogen-bond donors (Lipinski definition) is 1. The third kappa shape index (κ3) is 3.88. The van der Waals surface area contributed by atoms with E-state index in [4.69, 9.17) is 36.3 Å². The standard InChI is InChI=1S/C17H15ClN2O7/c1-24-15-5-14(19)13(18)4-12(15)17(21)26-7-10-3-11(20(22)23)2-9-6-25-8-27-16(9)10/h2-5H,6-8,19H2,1H3. The number of nitro groups is 1. The number of benzene rings is 2. The quantitative estimate of drug-likeness (QED) is 0.355. The van der Waals surface area contributed by atoms with Crippen molar-refractivity contribution in [3.63, 3.8) is 0 Å². The molecular formula is C17H15ClN2O7. The summed E-state index contributed by atoms with van der Waals surface area (Å²) in [4.78, 5) is 23.0. The molecule has 1 aliphatic rings. The van der Waals surface area contributed by atoms with Crippen molar-refractivity contribution in [2.45, 2.75) is 13.2 Å². The van der Waals surface area contributed by atoms with Gasteiger partial charge in [-0.15, -0.1) is 0 Å². The molecule has 0 saturated heterocycles. The van der Waals surface area contributed by atoms with Gasteiger partial charge < -0.3 is 24.7 Å². The van der Waals surface area contributed by atoms with Crippen molar-refractivity contribution in [2.24, 2.45) is 0 Å². The number of nitro benzene ring substituents is 1. The van der Waals surface area contributed by atoms with Gasteiger partial charge in [-0.25, -0.2) is 4.79 Å². The molecule has 142 valence electrons. The molecule has 27 heavy (non-hydrogen) atoms. The minimum Gasteiger partial charge on any atom is -0.496 e. The van der Waals surface area contributed by atoms with Crippen LogP contribution in [0.4, 0.5) is 11.4 Å². The second-order valence-electron chi connectivity index (χ2n) is 5.61. The number of ether oxygens (including phenoxy) is 4. The number of anilines is 1. The van der Waals surface area contributed by atoms with Crippen molar-refractivity contribution in [3.8, 4) is 11.5 Å². The minimum atomic E-state index is -0.721. The third-order valence-electron chi connectivity index (χ3n) is 3.88. The molecule has 2 aromatic rings. The van der Waals surface area contributed by atoms with Crippen molar-refractivity contribution >= 4 is 28.9 Å². The van der Waals surface area contributed by atoms with Gasteiger partial charge >= 0.3 is 5.97 Å². The van der Waals surface area contributed by atoms with Gasteiger partial charge in [-0.2, -0.15) is 0 Å². The Bertz CT molecular complexity index is 917. The highest BCUT2D eigenvalue weighted by atomic mass is 35.5. The number of nitrogen functional groups attached to an aromatic ring is 1. The number of non-ortho nitro benzene ring substituents is 1. The van der Waals surface area contributed by atoms with Crippen LogP contribution in [0.1, 0.15) is 21.5 Å². The van der Waals surface area contributed by atoms with Gasteiger partial charge in [0.05, 0.1) is 29.4 Å². The average Bonchev–Trinajstić information content (AvgIpc) is 2.67. The molecular weight excluding hydrogens is 380 g/mol. The van der Waals surface area contributed by atoms with Crippen LogP contribution in [0, 0.1) is 10.1 Å². The van der Waals surface area contributed by atoms with Crippen LogP contribution in [0.3, 0.4) is 0 Å². The van der Waals surface area contributed by atoms with Crippen LogP contribution >= 0.6 is 11.6 Å². The van der Waals surface area contributed by atoms with Gasteiger partial charge in [0, 0.05) is 29.3 Å². The van der Waals surface area contributed by atoms with E-state index in [9.17, 15) is 14.9 Å². The van der Waals surface area contributed by atoms with E-state index in [1.807, 2.05) is 0 Å². The maximum absolute atomic E-state index is 12.4. The summed E-state index contributed by atoms with van der Waals surface area (Å²) in [7, 11) is 1.38. The lowest BCUT2D eigenvalue weighted by Crippen LogP contribution is -2.15. The Morgan fingerprint density at radius 2 is 2.15 bits per heavy atom. The lowest BCUT2D eigenvalue weighted by atomic mass is 10.1. The molecule has 1 aliphatic heterocycles. The van der Waals surface area contributed by atoms with E-state index in [-0.39, 0.29) is 47.7 Å². The van der Waals surface area contributed by atoms with Crippen LogP contribution < -0.4 is 15.2 Å². The van der Waals surface area contributed by atoms with E-state index in [2.05, 4.69) is 0 Å². The molecule has 0 radical (unpaired) electrons. The monoisotopic (exact) mass is 394 g/mol. The maximum atomic E-state index is 12.4. The van der Waals surface area contributed by atoms with Crippen molar-refractivity contribution in [1.82, 2.24) is 0 Å². The predicted molar refractivity (Wildman–Crippen MR) is 94.9 cm³/mol. The van der Waals surface area contributed by atoms with Gasteiger partial charge in [-0.1, -0.05) is 11.6 Å². The minimum absolute atomic E-state index is 0.00709. The van der Waals surface area contributed by atoms with Crippen molar-refractivity contribution in [2.75, 3.05) is 19.6 Å². The van der Waals surface area contributed by atoms with Gasteiger partial charge in [0.2, 0.25) is 0 Å². The Morgan fingerprint density at radius 1 is 1.37 bits per heavy atom. The molecule has 0 aliphatic carbocycles. The molecule has 2 N–H and O–H groups in total. The number of hydrogen-bond acceptors (Lipinski definition) is 8. The van der Waals surface area contributed by atoms with Gasteiger partial charge in [-0.05, 0) is 6.07 Å². The topological polar surface area (TPSA) is 123 Å². The number of halogens is 1. The average molecular weight is 395 g/mol. The maximum Gasteiger partial charge on any atom is 0.342 e. The molecule has 0 bridgehead atoms. The fourth-order valence-electron chi connectivity index (χ4n) is 2.61. The zero-order valence-electron chi connectivity index (χ0n) is 14.2. The van der Waals surface area contributed by atoms with Crippen LogP contribution in [-0.4, -0.2) is 24.8 Å². The zero-order valence-corrected chi connectivity index (χ0v) is 14.9. The van der Waals surface area contributed by atoms with Gasteiger partial charge in [-0.3, -0.25) is 10.1 Å². The highest BCUT2D eigenvalue weighted by Crippen LogP contribution is 2.34. The summed E-state index contributed by atoms with van der Waals surface area (Å²) >= 11 is 5.96. The molecule has 9 nitrogen and oxygen atoms in total. The second-order valence-corrected chi connectivity index (χ2v) is 6.02. The Morgan fingerprint density at radius 3 is 2.85 bits per heavy atom. The third-order valence-corrected chi connectivity index (χ3v) is 4.21. The molecule has 0 amide bonds. The van der Waals surface area contributed by atoms with Gasteiger partial charge in [0.15, 0.2) is 6.79 Å². The Hall–Kier alpha value is -3.04. The Kier molecular flexibility index (Phi) is 5.33. The second kappa shape index (κ2) is 7.68. The number of carbonyl (C=O) groups excluding carboxylic acids is 1. The van der Waals surface area contributed by atoms with E-state index in [0.717, 1.165) is 0 Å². The van der Waals surface area contributed by atoms with Crippen LogP contribution in [0.25, 0.3) is 0 Å². The molecule has 0 atom stereocenters.